The van der Waals surface area contributed by atoms with E-state index in [2.05, 4.69) is 49.1 Å². The van der Waals surface area contributed by atoms with Gasteiger partial charge in [0.2, 0.25) is 0 Å². The number of hydrogen-bond donors (Lipinski definition) is 2. The maximum Gasteiger partial charge on any atom is 0.0440 e. The topological polar surface area (TPSA) is 55.3 Å². The van der Waals surface area contributed by atoms with Gasteiger partial charge >= 0.3 is 0 Å². The van der Waals surface area contributed by atoms with Crippen molar-refractivity contribution in [1.29, 1.82) is 0 Å². The van der Waals surface area contributed by atoms with Crippen LogP contribution in [0.1, 0.15) is 45.1 Å². The minimum absolute atomic E-state index is 0.772. The van der Waals surface area contributed by atoms with E-state index >= 15 is 0 Å². The fourth-order valence-electron chi connectivity index (χ4n) is 2.38. The van der Waals surface area contributed by atoms with Crippen molar-refractivity contribution in [1.82, 2.24) is 0 Å². The van der Waals surface area contributed by atoms with Crippen LogP contribution >= 0.6 is 0 Å². The number of para-hydroxylation sites is 1. The van der Waals surface area contributed by atoms with Crippen molar-refractivity contribution in [2.75, 3.05) is 24.5 Å². The predicted molar refractivity (Wildman–Crippen MR) is 89.7 cm³/mol. The summed E-state index contributed by atoms with van der Waals surface area (Å²) in [4.78, 5) is 2.35. The van der Waals surface area contributed by atoms with Crippen LogP contribution in [-0.4, -0.2) is 19.6 Å². The third kappa shape index (κ3) is 5.25. The number of anilines is 1. The van der Waals surface area contributed by atoms with Gasteiger partial charge in [-0.25, -0.2) is 0 Å². The number of hydrogen-bond acceptors (Lipinski definition) is 3. The van der Waals surface area contributed by atoms with E-state index in [1.54, 1.807) is 0 Å². The smallest absolute Gasteiger partial charge is 0.0440 e. The fourth-order valence-corrected chi connectivity index (χ4v) is 2.38. The molecule has 0 aromatic heterocycles. The van der Waals surface area contributed by atoms with E-state index in [1.807, 2.05) is 0 Å². The average molecular weight is 275 g/mol. The molecule has 1 aromatic rings. The van der Waals surface area contributed by atoms with Crippen LogP contribution in [0.15, 0.2) is 30.0 Å². The largest absolute Gasteiger partial charge is 0.402 e. The molecular formula is C17H29N3. The number of allylic oxidation sites excluding steroid dienone is 1. The Morgan fingerprint density at radius 3 is 2.45 bits per heavy atom. The Morgan fingerprint density at radius 1 is 1.10 bits per heavy atom. The third-order valence-corrected chi connectivity index (χ3v) is 3.55. The summed E-state index contributed by atoms with van der Waals surface area (Å²) in [5.41, 5.74) is 15.1. The lowest BCUT2D eigenvalue weighted by molar-refractivity contribution is 0.682. The Hall–Kier alpha value is -1.48. The highest BCUT2D eigenvalue weighted by Crippen LogP contribution is 2.22. The zero-order valence-electron chi connectivity index (χ0n) is 12.9. The Morgan fingerprint density at radius 2 is 1.80 bits per heavy atom. The molecule has 0 bridgehead atoms. The van der Waals surface area contributed by atoms with Crippen LogP contribution in [0.2, 0.25) is 0 Å². The second kappa shape index (κ2) is 9.43. The molecule has 0 amide bonds. The van der Waals surface area contributed by atoms with Crippen LogP contribution in [0.5, 0.6) is 0 Å². The molecule has 0 aliphatic carbocycles. The van der Waals surface area contributed by atoms with Crippen molar-refractivity contribution < 1.29 is 0 Å². The highest BCUT2D eigenvalue weighted by Gasteiger charge is 2.06. The first kappa shape index (κ1) is 16.6. The molecule has 0 spiro atoms. The summed E-state index contributed by atoms with van der Waals surface area (Å²) in [6.45, 7) is 7.16. The summed E-state index contributed by atoms with van der Waals surface area (Å²) >= 11 is 0. The van der Waals surface area contributed by atoms with Gasteiger partial charge in [0.25, 0.3) is 0 Å². The van der Waals surface area contributed by atoms with Crippen molar-refractivity contribution in [3.63, 3.8) is 0 Å². The molecule has 1 aromatic carbocycles. The van der Waals surface area contributed by atoms with E-state index in [0.717, 1.165) is 51.0 Å². The minimum Gasteiger partial charge on any atom is -0.402 e. The van der Waals surface area contributed by atoms with Gasteiger partial charge in [-0.1, -0.05) is 24.6 Å². The monoisotopic (exact) mass is 275 g/mol. The molecule has 0 aliphatic rings. The molecule has 0 unspecified atom stereocenters. The van der Waals surface area contributed by atoms with E-state index in [-0.39, 0.29) is 0 Å². The maximum atomic E-state index is 6.15. The van der Waals surface area contributed by atoms with Gasteiger partial charge in [-0.05, 0) is 57.4 Å². The van der Waals surface area contributed by atoms with Gasteiger partial charge in [0.1, 0.15) is 0 Å². The molecule has 3 nitrogen and oxygen atoms in total. The minimum atomic E-state index is 0.772. The third-order valence-electron chi connectivity index (χ3n) is 3.55. The zero-order valence-corrected chi connectivity index (χ0v) is 12.9. The van der Waals surface area contributed by atoms with Crippen LogP contribution in [0.3, 0.4) is 0 Å². The van der Waals surface area contributed by atoms with E-state index in [9.17, 15) is 0 Å². The van der Waals surface area contributed by atoms with Gasteiger partial charge in [0.15, 0.2) is 0 Å². The van der Waals surface area contributed by atoms with Crippen LogP contribution in [0.4, 0.5) is 5.69 Å². The van der Waals surface area contributed by atoms with Gasteiger partial charge in [-0.3, -0.25) is 0 Å². The molecule has 20 heavy (non-hydrogen) atoms. The average Bonchev–Trinajstić information content (AvgIpc) is 2.47. The summed E-state index contributed by atoms with van der Waals surface area (Å²) in [7, 11) is 0. The number of nitrogens with zero attached hydrogens (tertiary/aromatic N) is 1. The number of nitrogens with two attached hydrogens (primary N) is 2. The Kier molecular flexibility index (Phi) is 7.81. The second-order valence-corrected chi connectivity index (χ2v) is 5.05. The van der Waals surface area contributed by atoms with E-state index in [1.165, 1.54) is 11.3 Å². The maximum absolute atomic E-state index is 6.15. The molecular weight excluding hydrogens is 246 g/mol. The molecule has 0 atom stereocenters. The van der Waals surface area contributed by atoms with Crippen LogP contribution in [-0.2, 0) is 0 Å². The molecule has 0 aliphatic heterocycles. The SMILES string of the molecule is CCN(CC)c1ccccc1C=C(N)CCCCCN. The first-order chi connectivity index (χ1) is 9.72. The van der Waals surface area contributed by atoms with Crippen molar-refractivity contribution in [3.05, 3.63) is 35.5 Å². The number of benzene rings is 1. The standard InChI is InChI=1S/C17H29N3/c1-3-20(4-2)17-12-8-7-10-15(17)14-16(19)11-6-5-9-13-18/h7-8,10,12,14H,3-6,9,11,13,18-19H2,1-2H3. The van der Waals surface area contributed by atoms with Crippen LogP contribution in [0.25, 0.3) is 6.08 Å². The van der Waals surface area contributed by atoms with Crippen LogP contribution in [0, 0.1) is 0 Å². The number of rotatable bonds is 9. The summed E-state index contributed by atoms with van der Waals surface area (Å²) in [6, 6.07) is 8.46. The Labute approximate surface area is 123 Å². The Bertz CT molecular complexity index is 408. The summed E-state index contributed by atoms with van der Waals surface area (Å²) in [5.74, 6) is 0. The second-order valence-electron chi connectivity index (χ2n) is 5.05. The van der Waals surface area contributed by atoms with Crippen molar-refractivity contribution in [3.8, 4) is 0 Å². The zero-order chi connectivity index (χ0) is 14.8. The van der Waals surface area contributed by atoms with Gasteiger partial charge in [0, 0.05) is 24.5 Å². The highest BCUT2D eigenvalue weighted by molar-refractivity contribution is 5.68. The molecule has 4 N–H and O–H groups in total. The molecule has 0 fully saturated rings. The Balaban J connectivity index is 2.75. The molecule has 0 saturated carbocycles. The summed E-state index contributed by atoms with van der Waals surface area (Å²) in [5, 5.41) is 0. The fraction of sp³-hybridized carbons (Fsp3) is 0.529. The van der Waals surface area contributed by atoms with Crippen LogP contribution < -0.4 is 16.4 Å². The van der Waals surface area contributed by atoms with Crippen molar-refractivity contribution >= 4 is 11.8 Å². The quantitative estimate of drug-likeness (QED) is 0.680. The van der Waals surface area contributed by atoms with E-state index in [4.69, 9.17) is 11.5 Å². The predicted octanol–water partition coefficient (Wildman–Crippen LogP) is 3.35. The van der Waals surface area contributed by atoms with Gasteiger partial charge in [0.05, 0.1) is 0 Å². The normalized spacial score (nSPS) is 11.7. The lowest BCUT2D eigenvalue weighted by Crippen LogP contribution is -2.22. The van der Waals surface area contributed by atoms with E-state index in [0.29, 0.717) is 0 Å². The summed E-state index contributed by atoms with van der Waals surface area (Å²) in [6.07, 6.45) is 6.43. The van der Waals surface area contributed by atoms with Gasteiger partial charge < -0.3 is 16.4 Å². The lowest BCUT2D eigenvalue weighted by atomic mass is 10.1. The first-order valence-electron chi connectivity index (χ1n) is 7.73. The molecule has 112 valence electrons. The molecule has 1 rings (SSSR count). The summed E-state index contributed by atoms with van der Waals surface area (Å²) < 4.78 is 0. The van der Waals surface area contributed by atoms with Gasteiger partial charge in [-0.15, -0.1) is 0 Å². The number of unbranched alkanes of at least 4 members (excludes halogenated alkanes) is 2. The first-order valence-corrected chi connectivity index (χ1v) is 7.73. The highest BCUT2D eigenvalue weighted by atomic mass is 15.1. The van der Waals surface area contributed by atoms with E-state index < -0.39 is 0 Å². The molecule has 3 heteroatoms. The van der Waals surface area contributed by atoms with Crippen molar-refractivity contribution in [2.45, 2.75) is 39.5 Å². The van der Waals surface area contributed by atoms with Crippen molar-refractivity contribution in [2.24, 2.45) is 11.5 Å². The van der Waals surface area contributed by atoms with Gasteiger partial charge in [-0.2, -0.15) is 0 Å². The molecule has 0 saturated heterocycles. The molecule has 0 radical (unpaired) electrons. The molecule has 0 heterocycles. The lowest BCUT2D eigenvalue weighted by Gasteiger charge is -2.23.